The van der Waals surface area contributed by atoms with E-state index in [0.717, 1.165) is 9.78 Å². The lowest BCUT2D eigenvalue weighted by molar-refractivity contribution is -0.137. The Bertz CT molecular complexity index is 497. The number of carbonyl (C=O) groups is 3. The van der Waals surface area contributed by atoms with Crippen LogP contribution in [0.1, 0.15) is 18.7 Å². The van der Waals surface area contributed by atoms with Crippen molar-refractivity contribution in [3.8, 4) is 0 Å². The van der Waals surface area contributed by atoms with E-state index in [9.17, 15) is 14.4 Å². The summed E-state index contributed by atoms with van der Waals surface area (Å²) in [5.74, 6) is -1.96. The Hall–Kier alpha value is -2.09. The third kappa shape index (κ3) is 5.42. The van der Waals surface area contributed by atoms with Gasteiger partial charge in [0, 0.05) is 16.8 Å². The quantitative estimate of drug-likeness (QED) is 0.684. The number of primary amides is 1. The summed E-state index contributed by atoms with van der Waals surface area (Å²) < 4.78 is 0. The second-order valence-corrected chi connectivity index (χ2v) is 6.18. The van der Waals surface area contributed by atoms with Crippen molar-refractivity contribution < 1.29 is 19.5 Å². The maximum atomic E-state index is 12.0. The lowest BCUT2D eigenvalue weighted by Crippen LogP contribution is -2.49. The van der Waals surface area contributed by atoms with Crippen molar-refractivity contribution in [2.45, 2.75) is 19.3 Å². The number of carbonyl (C=O) groups excluding carboxylic acids is 2. The first-order valence-corrected chi connectivity index (χ1v) is 7.17. The summed E-state index contributed by atoms with van der Waals surface area (Å²) in [6.07, 6.45) is 0. The van der Waals surface area contributed by atoms with Crippen LogP contribution in [0.3, 0.4) is 0 Å². The van der Waals surface area contributed by atoms with Gasteiger partial charge in [0.2, 0.25) is 5.91 Å². The van der Waals surface area contributed by atoms with Crippen LogP contribution in [-0.4, -0.2) is 47.5 Å². The van der Waals surface area contributed by atoms with E-state index in [2.05, 4.69) is 5.32 Å². The number of nitrogens with zero attached hydrogens (tertiary/aromatic N) is 1. The predicted octanol–water partition coefficient (Wildman–Crippen LogP) is 0.607. The molecule has 0 saturated heterocycles. The van der Waals surface area contributed by atoms with Crippen LogP contribution in [-0.2, 0) is 15.0 Å². The Morgan fingerprint density at radius 1 is 1.38 bits per heavy atom. The van der Waals surface area contributed by atoms with Crippen LogP contribution in [0.4, 0.5) is 4.79 Å². The van der Waals surface area contributed by atoms with Crippen LogP contribution in [0.25, 0.3) is 0 Å². The predicted molar refractivity (Wildman–Crippen MR) is 79.1 cm³/mol. The first-order valence-electron chi connectivity index (χ1n) is 6.29. The van der Waals surface area contributed by atoms with Crippen LogP contribution in [0.5, 0.6) is 0 Å². The molecular weight excluding hydrogens is 294 g/mol. The highest BCUT2D eigenvalue weighted by molar-refractivity contribution is 7.10. The molecule has 0 unspecified atom stereocenters. The highest BCUT2D eigenvalue weighted by Crippen LogP contribution is 2.26. The van der Waals surface area contributed by atoms with E-state index >= 15 is 0 Å². The molecule has 0 spiro atoms. The number of carboxylic acids is 1. The SMILES string of the molecule is CC(C)(CNC(=O)N(CC(N)=O)CC(=O)O)c1cccs1. The van der Waals surface area contributed by atoms with Gasteiger partial charge in [-0.1, -0.05) is 19.9 Å². The Labute approximate surface area is 126 Å². The molecule has 0 bridgehead atoms. The van der Waals surface area contributed by atoms with Gasteiger partial charge in [0.15, 0.2) is 0 Å². The molecule has 0 atom stereocenters. The highest BCUT2D eigenvalue weighted by atomic mass is 32.1. The van der Waals surface area contributed by atoms with Gasteiger partial charge in [-0.15, -0.1) is 11.3 Å². The molecule has 3 amide bonds. The van der Waals surface area contributed by atoms with Crippen molar-refractivity contribution in [1.82, 2.24) is 10.2 Å². The van der Waals surface area contributed by atoms with Crippen LogP contribution in [0.15, 0.2) is 17.5 Å². The van der Waals surface area contributed by atoms with E-state index in [1.165, 1.54) is 0 Å². The molecule has 0 radical (unpaired) electrons. The fourth-order valence-electron chi connectivity index (χ4n) is 1.71. The maximum absolute atomic E-state index is 12.0. The second kappa shape index (κ2) is 7.07. The Morgan fingerprint density at radius 2 is 2.05 bits per heavy atom. The first-order chi connectivity index (χ1) is 9.72. The standard InChI is InChI=1S/C13H19N3O4S/c1-13(2,9-4-3-5-21-9)8-15-12(20)16(6-10(14)17)7-11(18)19/h3-5H,6-8H2,1-2H3,(H2,14,17)(H,15,20)(H,18,19). The zero-order valence-corrected chi connectivity index (χ0v) is 12.8. The number of hydrogen-bond donors (Lipinski definition) is 3. The number of nitrogens with two attached hydrogens (primary N) is 1. The van der Waals surface area contributed by atoms with Crippen LogP contribution in [0, 0.1) is 0 Å². The van der Waals surface area contributed by atoms with Crippen molar-refractivity contribution in [1.29, 1.82) is 0 Å². The van der Waals surface area contributed by atoms with Crippen molar-refractivity contribution >= 4 is 29.2 Å². The Morgan fingerprint density at radius 3 is 2.52 bits per heavy atom. The van der Waals surface area contributed by atoms with E-state index in [0.29, 0.717) is 6.54 Å². The normalized spacial score (nSPS) is 11.0. The molecule has 8 heteroatoms. The second-order valence-electron chi connectivity index (χ2n) is 5.24. The van der Waals surface area contributed by atoms with E-state index in [-0.39, 0.29) is 5.41 Å². The number of aliphatic carboxylic acids is 1. The van der Waals surface area contributed by atoms with Gasteiger partial charge >= 0.3 is 12.0 Å². The van der Waals surface area contributed by atoms with Crippen molar-refractivity contribution in [2.24, 2.45) is 5.73 Å². The average molecular weight is 313 g/mol. The largest absolute Gasteiger partial charge is 0.480 e. The molecule has 0 aliphatic carbocycles. The summed E-state index contributed by atoms with van der Waals surface area (Å²) in [7, 11) is 0. The van der Waals surface area contributed by atoms with Gasteiger partial charge in [0.05, 0.1) is 0 Å². The van der Waals surface area contributed by atoms with E-state index in [1.807, 2.05) is 31.4 Å². The van der Waals surface area contributed by atoms with Gasteiger partial charge < -0.3 is 21.1 Å². The lowest BCUT2D eigenvalue weighted by Gasteiger charge is -2.26. The van der Waals surface area contributed by atoms with Crippen molar-refractivity contribution in [2.75, 3.05) is 19.6 Å². The Kier molecular flexibility index (Phi) is 5.71. The van der Waals surface area contributed by atoms with Gasteiger partial charge in [-0.3, -0.25) is 9.59 Å². The minimum atomic E-state index is -1.20. The number of carboxylic acid groups (broad SMARTS) is 1. The summed E-state index contributed by atoms with van der Waals surface area (Å²) in [5, 5.41) is 13.3. The molecule has 0 aliphatic heterocycles. The van der Waals surface area contributed by atoms with Gasteiger partial charge in [-0.2, -0.15) is 0 Å². The van der Waals surface area contributed by atoms with Crippen molar-refractivity contribution in [3.05, 3.63) is 22.4 Å². The summed E-state index contributed by atoms with van der Waals surface area (Å²) in [6.45, 7) is 3.25. The van der Waals surface area contributed by atoms with Gasteiger partial charge in [0.1, 0.15) is 13.1 Å². The maximum Gasteiger partial charge on any atom is 0.323 e. The zero-order chi connectivity index (χ0) is 16.0. The highest BCUT2D eigenvalue weighted by Gasteiger charge is 2.25. The molecule has 0 fully saturated rings. The molecule has 21 heavy (non-hydrogen) atoms. The molecule has 0 aliphatic rings. The molecule has 4 N–H and O–H groups in total. The molecule has 1 heterocycles. The third-order valence-electron chi connectivity index (χ3n) is 2.83. The fourth-order valence-corrected chi connectivity index (χ4v) is 2.56. The summed E-state index contributed by atoms with van der Waals surface area (Å²) in [5.41, 5.74) is 4.73. The number of urea groups is 1. The molecule has 7 nitrogen and oxygen atoms in total. The zero-order valence-electron chi connectivity index (χ0n) is 12.0. The van der Waals surface area contributed by atoms with Crippen LogP contribution < -0.4 is 11.1 Å². The fraction of sp³-hybridized carbons (Fsp3) is 0.462. The number of nitrogens with one attached hydrogen (secondary N) is 1. The number of rotatable bonds is 7. The molecule has 0 aromatic carbocycles. The third-order valence-corrected chi connectivity index (χ3v) is 4.07. The van der Waals surface area contributed by atoms with Crippen molar-refractivity contribution in [3.63, 3.8) is 0 Å². The first kappa shape index (κ1) is 17.0. The average Bonchev–Trinajstić information content (AvgIpc) is 2.88. The summed E-state index contributed by atoms with van der Waals surface area (Å²) >= 11 is 1.58. The van der Waals surface area contributed by atoms with Gasteiger partial charge in [0.25, 0.3) is 0 Å². The summed E-state index contributed by atoms with van der Waals surface area (Å²) in [6, 6.07) is 3.27. The van der Waals surface area contributed by atoms with E-state index in [1.54, 1.807) is 11.3 Å². The van der Waals surface area contributed by atoms with Gasteiger partial charge in [-0.05, 0) is 11.4 Å². The number of amides is 3. The summed E-state index contributed by atoms with van der Waals surface area (Å²) in [4.78, 5) is 35.6. The Balaban J connectivity index is 2.64. The minimum absolute atomic E-state index is 0.286. The van der Waals surface area contributed by atoms with Gasteiger partial charge in [-0.25, -0.2) is 4.79 Å². The minimum Gasteiger partial charge on any atom is -0.480 e. The van der Waals surface area contributed by atoms with Crippen LogP contribution >= 0.6 is 11.3 Å². The molecular formula is C13H19N3O4S. The smallest absolute Gasteiger partial charge is 0.323 e. The molecule has 1 aromatic rings. The lowest BCUT2D eigenvalue weighted by atomic mass is 9.91. The van der Waals surface area contributed by atoms with Crippen LogP contribution in [0.2, 0.25) is 0 Å². The number of thiophene rings is 1. The molecule has 116 valence electrons. The molecule has 1 aromatic heterocycles. The molecule has 1 rings (SSSR count). The van der Waals surface area contributed by atoms with E-state index < -0.39 is 31.0 Å². The molecule has 0 saturated carbocycles. The topological polar surface area (TPSA) is 113 Å². The van der Waals surface area contributed by atoms with E-state index in [4.69, 9.17) is 10.8 Å². The number of hydrogen-bond acceptors (Lipinski definition) is 4. The monoisotopic (exact) mass is 313 g/mol.